The van der Waals surface area contributed by atoms with E-state index in [0.717, 1.165) is 31.8 Å². The minimum Gasteiger partial charge on any atom is -0.481 e. The number of nitrogens with one attached hydrogen (secondary N) is 1. The average molecular weight is 237 g/mol. The first-order valence-corrected chi connectivity index (χ1v) is 6.09. The fourth-order valence-corrected chi connectivity index (χ4v) is 2.26. The minimum absolute atomic E-state index is 0.139. The Morgan fingerprint density at radius 2 is 2.29 bits per heavy atom. The van der Waals surface area contributed by atoms with Crippen LogP contribution < -0.4 is 0 Å². The second-order valence-electron chi connectivity index (χ2n) is 4.76. The van der Waals surface area contributed by atoms with E-state index < -0.39 is 5.97 Å². The predicted molar refractivity (Wildman–Crippen MR) is 64.0 cm³/mol. The average Bonchev–Trinajstić information content (AvgIpc) is 2.76. The normalized spacial score (nSPS) is 18.4. The van der Waals surface area contributed by atoms with Crippen LogP contribution in [0.25, 0.3) is 0 Å². The van der Waals surface area contributed by atoms with E-state index in [1.54, 1.807) is 0 Å². The highest BCUT2D eigenvalue weighted by Crippen LogP contribution is 2.26. The van der Waals surface area contributed by atoms with Gasteiger partial charge in [0.25, 0.3) is 0 Å². The lowest BCUT2D eigenvalue weighted by Gasteiger charge is -2.28. The molecule has 1 saturated heterocycles. The molecular formula is C12H19N3O2. The number of nitrogens with zero attached hydrogens (tertiary/aromatic N) is 2. The summed E-state index contributed by atoms with van der Waals surface area (Å²) in [4.78, 5) is 20.3. The van der Waals surface area contributed by atoms with E-state index in [9.17, 15) is 4.79 Å². The van der Waals surface area contributed by atoms with Crippen molar-refractivity contribution in [1.29, 1.82) is 0 Å². The summed E-state index contributed by atoms with van der Waals surface area (Å²) >= 11 is 0. The summed E-state index contributed by atoms with van der Waals surface area (Å²) < 4.78 is 0. The number of piperidine rings is 1. The van der Waals surface area contributed by atoms with Crippen molar-refractivity contribution in [2.75, 3.05) is 20.1 Å². The lowest BCUT2D eigenvalue weighted by molar-refractivity contribution is -0.137. The molecule has 5 heteroatoms. The third-order valence-electron chi connectivity index (χ3n) is 3.38. The van der Waals surface area contributed by atoms with E-state index in [1.807, 2.05) is 6.20 Å². The van der Waals surface area contributed by atoms with Crippen LogP contribution in [0, 0.1) is 0 Å². The van der Waals surface area contributed by atoms with Crippen molar-refractivity contribution < 1.29 is 9.90 Å². The lowest BCUT2D eigenvalue weighted by atomic mass is 9.94. The third kappa shape index (κ3) is 3.30. The van der Waals surface area contributed by atoms with Gasteiger partial charge in [0.15, 0.2) is 0 Å². The zero-order chi connectivity index (χ0) is 12.3. The minimum atomic E-state index is -0.776. The highest BCUT2D eigenvalue weighted by Gasteiger charge is 2.20. The summed E-state index contributed by atoms with van der Waals surface area (Å²) in [6.07, 6.45) is 4.80. The fraction of sp³-hybridized carbons (Fsp3) is 0.667. The van der Waals surface area contributed by atoms with Crippen LogP contribution in [0.3, 0.4) is 0 Å². The molecule has 0 unspecified atom stereocenters. The summed E-state index contributed by atoms with van der Waals surface area (Å²) in [5.41, 5.74) is 1.17. The molecule has 1 aliphatic heterocycles. The molecule has 2 rings (SSSR count). The van der Waals surface area contributed by atoms with Crippen molar-refractivity contribution in [2.45, 2.75) is 31.6 Å². The Labute approximate surface area is 101 Å². The number of aryl methyl sites for hydroxylation is 1. The maximum Gasteiger partial charge on any atom is 0.303 e. The number of rotatable bonds is 4. The largest absolute Gasteiger partial charge is 0.481 e. The first kappa shape index (κ1) is 12.1. The Hall–Kier alpha value is -1.36. The number of aliphatic carboxylic acids is 1. The summed E-state index contributed by atoms with van der Waals surface area (Å²) in [6, 6.07) is 0. The maximum atomic E-state index is 10.5. The van der Waals surface area contributed by atoms with Crippen LogP contribution in [-0.2, 0) is 11.2 Å². The van der Waals surface area contributed by atoms with Crippen molar-refractivity contribution in [3.8, 4) is 0 Å². The van der Waals surface area contributed by atoms with E-state index in [2.05, 4.69) is 21.9 Å². The van der Waals surface area contributed by atoms with Crippen LogP contribution in [0.4, 0.5) is 0 Å². The van der Waals surface area contributed by atoms with Gasteiger partial charge in [0.05, 0.1) is 6.42 Å². The van der Waals surface area contributed by atoms with Gasteiger partial charge in [0.2, 0.25) is 0 Å². The van der Waals surface area contributed by atoms with E-state index in [0.29, 0.717) is 12.3 Å². The number of H-pyrrole nitrogens is 1. The molecule has 0 aromatic carbocycles. The molecule has 0 amide bonds. The Balaban J connectivity index is 1.91. The standard InChI is InChI=1S/C12H19N3O2/c1-15-6-4-9(5-7-15)10-8-13-11(14-10)2-3-12(16)17/h8-9H,2-7H2,1H3,(H,13,14)(H,16,17). The Morgan fingerprint density at radius 3 is 2.94 bits per heavy atom. The number of likely N-dealkylation sites (tertiary alicyclic amines) is 1. The van der Waals surface area contributed by atoms with Gasteiger partial charge in [0.1, 0.15) is 5.82 Å². The van der Waals surface area contributed by atoms with Gasteiger partial charge in [0, 0.05) is 24.2 Å². The zero-order valence-electron chi connectivity index (χ0n) is 10.1. The molecule has 94 valence electrons. The molecule has 2 heterocycles. The number of hydrogen-bond acceptors (Lipinski definition) is 3. The molecule has 1 aliphatic rings. The molecule has 0 saturated carbocycles. The lowest BCUT2D eigenvalue weighted by Crippen LogP contribution is -2.29. The van der Waals surface area contributed by atoms with Gasteiger partial charge in [-0.3, -0.25) is 4.79 Å². The number of imidazole rings is 1. The molecule has 2 N–H and O–H groups in total. The predicted octanol–water partition coefficient (Wildman–Crippen LogP) is 1.24. The molecule has 1 aromatic rings. The number of carboxylic acid groups (broad SMARTS) is 1. The van der Waals surface area contributed by atoms with E-state index in [1.165, 1.54) is 5.69 Å². The number of aromatic amines is 1. The van der Waals surface area contributed by atoms with Crippen molar-refractivity contribution in [2.24, 2.45) is 0 Å². The summed E-state index contributed by atoms with van der Waals surface area (Å²) in [6.45, 7) is 2.24. The van der Waals surface area contributed by atoms with Gasteiger partial charge in [-0.05, 0) is 33.0 Å². The molecule has 0 bridgehead atoms. The molecule has 0 spiro atoms. The van der Waals surface area contributed by atoms with Crippen molar-refractivity contribution in [1.82, 2.24) is 14.9 Å². The van der Waals surface area contributed by atoms with Gasteiger partial charge in [-0.15, -0.1) is 0 Å². The highest BCUT2D eigenvalue weighted by molar-refractivity contribution is 5.66. The first-order valence-electron chi connectivity index (χ1n) is 6.09. The zero-order valence-corrected chi connectivity index (χ0v) is 10.1. The topological polar surface area (TPSA) is 69.2 Å². The quantitative estimate of drug-likeness (QED) is 0.826. The van der Waals surface area contributed by atoms with Gasteiger partial charge >= 0.3 is 5.97 Å². The van der Waals surface area contributed by atoms with Gasteiger partial charge in [-0.1, -0.05) is 0 Å². The Kier molecular flexibility index (Phi) is 3.78. The van der Waals surface area contributed by atoms with Crippen molar-refractivity contribution >= 4 is 5.97 Å². The van der Waals surface area contributed by atoms with Crippen LogP contribution in [0.2, 0.25) is 0 Å². The number of aromatic nitrogens is 2. The fourth-order valence-electron chi connectivity index (χ4n) is 2.26. The smallest absolute Gasteiger partial charge is 0.303 e. The van der Waals surface area contributed by atoms with Crippen LogP contribution in [0.5, 0.6) is 0 Å². The Bertz CT molecular complexity index is 381. The van der Waals surface area contributed by atoms with Crippen LogP contribution >= 0.6 is 0 Å². The van der Waals surface area contributed by atoms with Gasteiger partial charge in [-0.2, -0.15) is 0 Å². The number of hydrogen-bond donors (Lipinski definition) is 2. The SMILES string of the molecule is CN1CCC(c2cnc(CCC(=O)O)[nH]2)CC1. The van der Waals surface area contributed by atoms with E-state index >= 15 is 0 Å². The summed E-state index contributed by atoms with van der Waals surface area (Å²) in [5.74, 6) is 0.570. The Morgan fingerprint density at radius 1 is 1.59 bits per heavy atom. The van der Waals surface area contributed by atoms with E-state index in [-0.39, 0.29) is 6.42 Å². The molecule has 1 aromatic heterocycles. The van der Waals surface area contributed by atoms with E-state index in [4.69, 9.17) is 5.11 Å². The van der Waals surface area contributed by atoms with Crippen molar-refractivity contribution in [3.63, 3.8) is 0 Å². The second-order valence-corrected chi connectivity index (χ2v) is 4.76. The van der Waals surface area contributed by atoms with Gasteiger partial charge in [-0.25, -0.2) is 4.98 Å². The molecule has 5 nitrogen and oxygen atoms in total. The third-order valence-corrected chi connectivity index (χ3v) is 3.38. The van der Waals surface area contributed by atoms with Crippen LogP contribution in [-0.4, -0.2) is 46.1 Å². The second kappa shape index (κ2) is 5.31. The molecule has 0 atom stereocenters. The van der Waals surface area contributed by atoms with Crippen LogP contribution in [0.15, 0.2) is 6.20 Å². The molecule has 0 radical (unpaired) electrons. The molecule has 0 aliphatic carbocycles. The first-order chi connectivity index (χ1) is 8.15. The molecule has 17 heavy (non-hydrogen) atoms. The highest BCUT2D eigenvalue weighted by atomic mass is 16.4. The molecular weight excluding hydrogens is 218 g/mol. The summed E-state index contributed by atoms with van der Waals surface area (Å²) in [7, 11) is 2.14. The van der Waals surface area contributed by atoms with Gasteiger partial charge < -0.3 is 15.0 Å². The maximum absolute atomic E-state index is 10.5. The number of carboxylic acids is 1. The van der Waals surface area contributed by atoms with Crippen molar-refractivity contribution in [3.05, 3.63) is 17.7 Å². The molecule has 1 fully saturated rings. The monoisotopic (exact) mass is 237 g/mol. The summed E-state index contributed by atoms with van der Waals surface area (Å²) in [5, 5.41) is 8.61. The van der Waals surface area contributed by atoms with Crippen LogP contribution in [0.1, 0.15) is 36.7 Å². The number of carbonyl (C=O) groups is 1.